The molecule has 0 aliphatic carbocycles. The van der Waals surface area contributed by atoms with E-state index in [0.717, 1.165) is 0 Å². The lowest BCUT2D eigenvalue weighted by molar-refractivity contribution is -0.262. The summed E-state index contributed by atoms with van der Waals surface area (Å²) in [5.74, 6) is -1.26. The number of hydrogen-bond donors (Lipinski definition) is 6. The third-order valence-electron chi connectivity index (χ3n) is 3.21. The van der Waals surface area contributed by atoms with Crippen molar-refractivity contribution in [3.8, 4) is 0 Å². The first kappa shape index (κ1) is 15.9. The molecule has 0 spiro atoms. The predicted octanol–water partition coefficient (Wildman–Crippen LogP) is -4.11. The summed E-state index contributed by atoms with van der Waals surface area (Å²) in [7, 11) is 0. The first-order valence-corrected chi connectivity index (χ1v) is 6.18. The molecule has 7 N–H and O–H groups in total. The Bertz CT molecular complexity index is 439. The highest BCUT2D eigenvalue weighted by Crippen LogP contribution is 2.28. The lowest BCUT2D eigenvalue weighted by Gasteiger charge is -2.35. The zero-order valence-corrected chi connectivity index (χ0v) is 10.8. The van der Waals surface area contributed by atoms with Crippen LogP contribution in [0.25, 0.3) is 0 Å². The Kier molecular flexibility index (Phi) is 4.66. The topological polar surface area (TPSA) is 172 Å². The molecule has 10 heteroatoms. The van der Waals surface area contributed by atoms with Crippen molar-refractivity contribution >= 4 is 5.97 Å². The monoisotopic (exact) mass is 307 g/mol. The van der Waals surface area contributed by atoms with E-state index >= 15 is 0 Å². The summed E-state index contributed by atoms with van der Waals surface area (Å²) in [6, 6.07) is 0. The molecule has 0 bridgehead atoms. The number of rotatable bonds is 4. The summed E-state index contributed by atoms with van der Waals surface area (Å²) in [5.41, 5.74) is 5.03. The van der Waals surface area contributed by atoms with Crippen molar-refractivity contribution in [1.82, 2.24) is 0 Å². The molecule has 0 aromatic carbocycles. The van der Waals surface area contributed by atoms with Gasteiger partial charge in [0.15, 0.2) is 17.6 Å². The first-order chi connectivity index (χ1) is 9.86. The largest absolute Gasteiger partial charge is 0.460 e. The Morgan fingerprint density at radius 2 is 2.00 bits per heavy atom. The molecule has 1 fully saturated rings. The molecule has 0 saturated carbocycles. The van der Waals surface area contributed by atoms with Crippen molar-refractivity contribution in [3.63, 3.8) is 0 Å². The van der Waals surface area contributed by atoms with E-state index in [1.807, 2.05) is 0 Å². The molecule has 2 rings (SSSR count). The van der Waals surface area contributed by atoms with Crippen molar-refractivity contribution in [2.24, 2.45) is 5.73 Å². The van der Waals surface area contributed by atoms with E-state index in [0.29, 0.717) is 0 Å². The summed E-state index contributed by atoms with van der Waals surface area (Å²) in [5, 5.41) is 47.1. The number of cyclic esters (lactones) is 1. The average Bonchev–Trinajstić information content (AvgIpc) is 2.75. The van der Waals surface area contributed by atoms with Crippen molar-refractivity contribution in [2.45, 2.75) is 36.8 Å². The van der Waals surface area contributed by atoms with Crippen LogP contribution in [0.1, 0.15) is 0 Å². The lowest BCUT2D eigenvalue weighted by atomic mass is 10.1. The summed E-state index contributed by atoms with van der Waals surface area (Å²) in [4.78, 5) is 11.4. The van der Waals surface area contributed by atoms with Crippen LogP contribution in [0.5, 0.6) is 0 Å². The zero-order chi connectivity index (χ0) is 15.7. The second-order valence-electron chi connectivity index (χ2n) is 4.72. The fourth-order valence-electron chi connectivity index (χ4n) is 1.97. The van der Waals surface area contributed by atoms with Crippen LogP contribution in [-0.2, 0) is 19.0 Å². The smallest absolute Gasteiger partial charge is 0.358 e. The van der Waals surface area contributed by atoms with Crippen molar-refractivity contribution in [3.05, 3.63) is 11.5 Å². The molecule has 21 heavy (non-hydrogen) atoms. The Hall–Kier alpha value is -1.43. The number of ether oxygens (including phenoxy) is 3. The van der Waals surface area contributed by atoms with Crippen LogP contribution >= 0.6 is 0 Å². The van der Waals surface area contributed by atoms with Gasteiger partial charge in [0.05, 0.1) is 13.2 Å². The number of aliphatic hydroxyl groups excluding tert-OH is 5. The van der Waals surface area contributed by atoms with E-state index in [1.54, 1.807) is 0 Å². The predicted molar refractivity (Wildman–Crippen MR) is 63.0 cm³/mol. The van der Waals surface area contributed by atoms with Gasteiger partial charge in [-0.15, -0.1) is 0 Å². The number of esters is 1. The van der Waals surface area contributed by atoms with Crippen LogP contribution in [-0.4, -0.2) is 81.5 Å². The van der Waals surface area contributed by atoms with Gasteiger partial charge in [-0.1, -0.05) is 0 Å². The second-order valence-corrected chi connectivity index (χ2v) is 4.72. The number of carbonyl (C=O) groups excluding carboxylic acids is 1. The van der Waals surface area contributed by atoms with Gasteiger partial charge in [0.25, 0.3) is 0 Å². The van der Waals surface area contributed by atoms with Crippen LogP contribution in [0.2, 0.25) is 0 Å². The Morgan fingerprint density at radius 3 is 2.62 bits per heavy atom. The Balaban J connectivity index is 2.14. The van der Waals surface area contributed by atoms with Crippen LogP contribution in [0.3, 0.4) is 0 Å². The molecule has 2 heterocycles. The van der Waals surface area contributed by atoms with Gasteiger partial charge < -0.3 is 45.5 Å². The Morgan fingerprint density at radius 1 is 1.33 bits per heavy atom. The van der Waals surface area contributed by atoms with E-state index in [2.05, 4.69) is 0 Å². The van der Waals surface area contributed by atoms with E-state index in [1.165, 1.54) is 0 Å². The van der Waals surface area contributed by atoms with Gasteiger partial charge in [-0.2, -0.15) is 0 Å². The fraction of sp³-hybridized carbons (Fsp3) is 0.727. The van der Waals surface area contributed by atoms with E-state index in [4.69, 9.17) is 25.1 Å². The maximum Gasteiger partial charge on any atom is 0.358 e. The lowest BCUT2D eigenvalue weighted by Crippen LogP contribution is -2.54. The first-order valence-electron chi connectivity index (χ1n) is 6.18. The normalized spacial score (nSPS) is 38.3. The molecule has 10 nitrogen and oxygen atoms in total. The number of nitrogens with two attached hydrogens (primary N) is 1. The molecule has 2 aliphatic rings. The van der Waals surface area contributed by atoms with E-state index in [9.17, 15) is 25.2 Å². The highest BCUT2D eigenvalue weighted by Gasteiger charge is 2.44. The number of aliphatic hydroxyl groups is 5. The second kappa shape index (κ2) is 6.13. The van der Waals surface area contributed by atoms with Gasteiger partial charge in [0.1, 0.15) is 24.4 Å². The maximum absolute atomic E-state index is 11.4. The highest BCUT2D eigenvalue weighted by molar-refractivity contribution is 5.90. The minimum atomic E-state index is -1.60. The van der Waals surface area contributed by atoms with Gasteiger partial charge >= 0.3 is 5.97 Å². The average molecular weight is 307 g/mol. The summed E-state index contributed by atoms with van der Waals surface area (Å²) in [6.45, 7) is -1.02. The fourth-order valence-corrected chi connectivity index (χ4v) is 1.97. The molecule has 6 atom stereocenters. The third kappa shape index (κ3) is 2.95. The molecule has 0 aromatic rings. The van der Waals surface area contributed by atoms with Crippen molar-refractivity contribution < 1.29 is 44.5 Å². The zero-order valence-electron chi connectivity index (χ0n) is 10.8. The quantitative estimate of drug-likeness (QED) is 0.280. The molecular formula is C11H17NO9. The van der Waals surface area contributed by atoms with Gasteiger partial charge in [0, 0.05) is 0 Å². The SMILES string of the molecule is NC1=C(OC2OCC(O)C(O)C2O)C(C(O)CO)OC1=O. The summed E-state index contributed by atoms with van der Waals surface area (Å²) < 4.78 is 14.9. The van der Waals surface area contributed by atoms with E-state index < -0.39 is 55.1 Å². The molecule has 6 unspecified atom stereocenters. The maximum atomic E-state index is 11.4. The minimum absolute atomic E-state index is 0.307. The summed E-state index contributed by atoms with van der Waals surface area (Å²) in [6.07, 6.45) is -8.63. The molecule has 1 saturated heterocycles. The van der Waals surface area contributed by atoms with Crippen LogP contribution in [0, 0.1) is 0 Å². The van der Waals surface area contributed by atoms with Crippen LogP contribution in [0.15, 0.2) is 11.5 Å². The van der Waals surface area contributed by atoms with Gasteiger partial charge in [0.2, 0.25) is 6.29 Å². The molecule has 2 aliphatic heterocycles. The van der Waals surface area contributed by atoms with Gasteiger partial charge in [-0.05, 0) is 0 Å². The molecule has 0 amide bonds. The van der Waals surface area contributed by atoms with Gasteiger partial charge in [-0.25, -0.2) is 4.79 Å². The summed E-state index contributed by atoms with van der Waals surface area (Å²) >= 11 is 0. The number of hydrogen-bond acceptors (Lipinski definition) is 10. The number of carbonyl (C=O) groups is 1. The molecule has 0 aromatic heterocycles. The Labute approximate surface area is 119 Å². The molecule has 120 valence electrons. The van der Waals surface area contributed by atoms with Crippen molar-refractivity contribution in [1.29, 1.82) is 0 Å². The molecule has 0 radical (unpaired) electrons. The third-order valence-corrected chi connectivity index (χ3v) is 3.21. The van der Waals surface area contributed by atoms with Crippen LogP contribution < -0.4 is 5.73 Å². The van der Waals surface area contributed by atoms with E-state index in [-0.39, 0.29) is 12.4 Å². The van der Waals surface area contributed by atoms with Crippen LogP contribution in [0.4, 0.5) is 0 Å². The molecular weight excluding hydrogens is 290 g/mol. The van der Waals surface area contributed by atoms with Gasteiger partial charge in [-0.3, -0.25) is 0 Å². The standard InChI is InChI=1S/C11H17NO9/c12-5-9(8(3(14)1-13)20-10(5)18)21-11-7(17)6(16)4(15)2-19-11/h3-4,6-8,11,13-17H,1-2,12H2. The minimum Gasteiger partial charge on any atom is -0.460 e. The highest BCUT2D eigenvalue weighted by atomic mass is 16.7. The van der Waals surface area contributed by atoms with Crippen molar-refractivity contribution in [2.75, 3.05) is 13.2 Å².